The molecule has 1 heterocycles. The number of benzene rings is 2. The van der Waals surface area contributed by atoms with Crippen LogP contribution in [0.5, 0.6) is 5.75 Å². The average molecular weight is 296 g/mol. The number of aromatic amines is 1. The van der Waals surface area contributed by atoms with E-state index in [0.29, 0.717) is 28.0 Å². The van der Waals surface area contributed by atoms with Gasteiger partial charge in [-0.3, -0.25) is 4.79 Å². The fraction of sp³-hybridized carbons (Fsp3) is 0.0625. The number of rotatable bonds is 3. The predicted octanol–water partition coefficient (Wildman–Crippen LogP) is 2.30. The Bertz CT molecular complexity index is 931. The highest BCUT2D eigenvalue weighted by molar-refractivity contribution is 5.93. The molecule has 2 N–H and O–H groups in total. The minimum atomic E-state index is -1.07. The van der Waals surface area contributed by atoms with E-state index in [4.69, 9.17) is 9.84 Å². The molecule has 3 aromatic rings. The van der Waals surface area contributed by atoms with Crippen LogP contribution < -0.4 is 10.3 Å². The quantitative estimate of drug-likeness (QED) is 0.773. The third kappa shape index (κ3) is 2.31. The zero-order valence-corrected chi connectivity index (χ0v) is 11.7. The van der Waals surface area contributed by atoms with Crippen LogP contribution >= 0.6 is 0 Å². The van der Waals surface area contributed by atoms with Crippen molar-refractivity contribution in [1.82, 2.24) is 9.97 Å². The average Bonchev–Trinajstić information content (AvgIpc) is 2.54. The molecule has 0 bridgehead atoms. The second-order valence-electron chi connectivity index (χ2n) is 4.65. The molecule has 0 amide bonds. The van der Waals surface area contributed by atoms with Crippen molar-refractivity contribution in [3.05, 3.63) is 58.4 Å². The van der Waals surface area contributed by atoms with Gasteiger partial charge in [0.25, 0.3) is 5.56 Å². The van der Waals surface area contributed by atoms with Crippen LogP contribution in [0, 0.1) is 0 Å². The number of ether oxygens (including phenoxy) is 1. The van der Waals surface area contributed by atoms with Gasteiger partial charge < -0.3 is 14.8 Å². The summed E-state index contributed by atoms with van der Waals surface area (Å²) in [6, 6.07) is 11.4. The summed E-state index contributed by atoms with van der Waals surface area (Å²) in [6.07, 6.45) is 0. The number of nitrogens with zero attached hydrogens (tertiary/aromatic N) is 1. The SMILES string of the molecule is COc1ccccc1-c1nc2cc(C(=O)O)ccc2c(=O)[nH]1. The highest BCUT2D eigenvalue weighted by Crippen LogP contribution is 2.26. The summed E-state index contributed by atoms with van der Waals surface area (Å²) in [5.74, 6) is -0.167. The minimum absolute atomic E-state index is 0.0802. The van der Waals surface area contributed by atoms with Gasteiger partial charge in [-0.2, -0.15) is 0 Å². The van der Waals surface area contributed by atoms with E-state index in [9.17, 15) is 9.59 Å². The molecule has 0 spiro atoms. The van der Waals surface area contributed by atoms with Gasteiger partial charge in [0.1, 0.15) is 11.6 Å². The van der Waals surface area contributed by atoms with E-state index in [-0.39, 0.29) is 11.1 Å². The fourth-order valence-corrected chi connectivity index (χ4v) is 2.24. The lowest BCUT2D eigenvalue weighted by Crippen LogP contribution is -2.10. The van der Waals surface area contributed by atoms with Crippen LogP contribution in [0.15, 0.2) is 47.3 Å². The number of para-hydroxylation sites is 1. The molecule has 0 saturated heterocycles. The summed E-state index contributed by atoms with van der Waals surface area (Å²) in [4.78, 5) is 30.3. The van der Waals surface area contributed by atoms with E-state index >= 15 is 0 Å². The first kappa shape index (κ1) is 13.8. The summed E-state index contributed by atoms with van der Waals surface area (Å²) in [5, 5.41) is 9.39. The van der Waals surface area contributed by atoms with Crippen molar-refractivity contribution in [2.45, 2.75) is 0 Å². The number of H-pyrrole nitrogens is 1. The van der Waals surface area contributed by atoms with Crippen LogP contribution in [-0.2, 0) is 0 Å². The van der Waals surface area contributed by atoms with Gasteiger partial charge >= 0.3 is 5.97 Å². The second kappa shape index (κ2) is 5.33. The molecule has 0 radical (unpaired) electrons. The number of nitrogens with one attached hydrogen (secondary N) is 1. The van der Waals surface area contributed by atoms with Crippen LogP contribution in [0.3, 0.4) is 0 Å². The molecule has 0 saturated carbocycles. The van der Waals surface area contributed by atoms with Crippen molar-refractivity contribution < 1.29 is 14.6 Å². The Morgan fingerprint density at radius 2 is 2.00 bits per heavy atom. The zero-order valence-electron chi connectivity index (χ0n) is 11.7. The largest absolute Gasteiger partial charge is 0.496 e. The Morgan fingerprint density at radius 3 is 2.73 bits per heavy atom. The molecule has 0 aliphatic carbocycles. The Morgan fingerprint density at radius 1 is 1.23 bits per heavy atom. The number of methoxy groups -OCH3 is 1. The first-order chi connectivity index (χ1) is 10.6. The van der Waals surface area contributed by atoms with Crippen molar-refractivity contribution in [1.29, 1.82) is 0 Å². The normalized spacial score (nSPS) is 10.6. The van der Waals surface area contributed by atoms with Crippen LogP contribution in [0.4, 0.5) is 0 Å². The molecule has 0 fully saturated rings. The number of carboxylic acids is 1. The van der Waals surface area contributed by atoms with Crippen molar-refractivity contribution in [2.24, 2.45) is 0 Å². The van der Waals surface area contributed by atoms with Crippen molar-refractivity contribution in [3.8, 4) is 17.1 Å². The first-order valence-corrected chi connectivity index (χ1v) is 6.51. The van der Waals surface area contributed by atoms with Crippen LogP contribution in [0.1, 0.15) is 10.4 Å². The van der Waals surface area contributed by atoms with Gasteiger partial charge in [0.15, 0.2) is 0 Å². The maximum absolute atomic E-state index is 12.2. The van der Waals surface area contributed by atoms with Crippen LogP contribution in [0.25, 0.3) is 22.3 Å². The Hall–Kier alpha value is -3.15. The smallest absolute Gasteiger partial charge is 0.335 e. The molecular formula is C16H12N2O4. The molecular weight excluding hydrogens is 284 g/mol. The van der Waals surface area contributed by atoms with Gasteiger partial charge in [0.2, 0.25) is 0 Å². The van der Waals surface area contributed by atoms with Crippen molar-refractivity contribution in [3.63, 3.8) is 0 Å². The number of aromatic nitrogens is 2. The predicted molar refractivity (Wildman–Crippen MR) is 81.3 cm³/mol. The summed E-state index contributed by atoms with van der Waals surface area (Å²) in [7, 11) is 1.53. The molecule has 2 aromatic carbocycles. The third-order valence-corrected chi connectivity index (χ3v) is 3.32. The molecule has 6 heteroatoms. The molecule has 0 atom stereocenters. The van der Waals surface area contributed by atoms with E-state index in [2.05, 4.69) is 9.97 Å². The van der Waals surface area contributed by atoms with E-state index in [1.807, 2.05) is 6.07 Å². The second-order valence-corrected chi connectivity index (χ2v) is 4.65. The topological polar surface area (TPSA) is 92.3 Å². The van der Waals surface area contributed by atoms with Crippen LogP contribution in [-0.4, -0.2) is 28.2 Å². The Kier molecular flexibility index (Phi) is 3.34. The molecule has 3 rings (SSSR count). The number of hydrogen-bond donors (Lipinski definition) is 2. The molecule has 0 unspecified atom stereocenters. The summed E-state index contributed by atoms with van der Waals surface area (Å²) in [5.41, 5.74) is 0.703. The molecule has 0 aliphatic heterocycles. The Labute approximate surface area is 125 Å². The molecule has 0 aliphatic rings. The highest BCUT2D eigenvalue weighted by atomic mass is 16.5. The fourth-order valence-electron chi connectivity index (χ4n) is 2.24. The maximum atomic E-state index is 12.2. The lowest BCUT2D eigenvalue weighted by Gasteiger charge is -2.08. The highest BCUT2D eigenvalue weighted by Gasteiger charge is 2.12. The van der Waals surface area contributed by atoms with E-state index in [1.165, 1.54) is 25.3 Å². The molecule has 1 aromatic heterocycles. The lowest BCUT2D eigenvalue weighted by atomic mass is 10.1. The number of carboxylic acid groups (broad SMARTS) is 1. The third-order valence-electron chi connectivity index (χ3n) is 3.32. The lowest BCUT2D eigenvalue weighted by molar-refractivity contribution is 0.0697. The number of fused-ring (bicyclic) bond motifs is 1. The van der Waals surface area contributed by atoms with Gasteiger partial charge in [-0.25, -0.2) is 9.78 Å². The van der Waals surface area contributed by atoms with E-state index in [0.717, 1.165) is 0 Å². The van der Waals surface area contributed by atoms with Gasteiger partial charge in [0, 0.05) is 0 Å². The van der Waals surface area contributed by atoms with Gasteiger partial charge in [0.05, 0.1) is 29.1 Å². The monoisotopic (exact) mass is 296 g/mol. The maximum Gasteiger partial charge on any atom is 0.335 e. The zero-order chi connectivity index (χ0) is 15.7. The van der Waals surface area contributed by atoms with Crippen molar-refractivity contribution in [2.75, 3.05) is 7.11 Å². The van der Waals surface area contributed by atoms with Crippen molar-refractivity contribution >= 4 is 16.9 Å². The van der Waals surface area contributed by atoms with E-state index in [1.54, 1.807) is 18.2 Å². The molecule has 110 valence electrons. The Balaban J connectivity index is 2.27. The standard InChI is InChI=1S/C16H12N2O4/c1-22-13-5-3-2-4-11(13)14-17-12-8-9(16(20)21)6-7-10(12)15(19)18-14/h2-8H,1H3,(H,20,21)(H,17,18,19). The first-order valence-electron chi connectivity index (χ1n) is 6.51. The van der Waals surface area contributed by atoms with Gasteiger partial charge in [-0.1, -0.05) is 12.1 Å². The summed E-state index contributed by atoms with van der Waals surface area (Å²) >= 11 is 0. The van der Waals surface area contributed by atoms with Crippen LogP contribution in [0.2, 0.25) is 0 Å². The number of hydrogen-bond acceptors (Lipinski definition) is 4. The number of carbonyl (C=O) groups is 1. The minimum Gasteiger partial charge on any atom is -0.496 e. The number of aromatic carboxylic acids is 1. The summed E-state index contributed by atoms with van der Waals surface area (Å²) in [6.45, 7) is 0. The van der Waals surface area contributed by atoms with Gasteiger partial charge in [-0.15, -0.1) is 0 Å². The van der Waals surface area contributed by atoms with E-state index < -0.39 is 5.97 Å². The molecule has 22 heavy (non-hydrogen) atoms. The molecule has 6 nitrogen and oxygen atoms in total. The van der Waals surface area contributed by atoms with Gasteiger partial charge in [-0.05, 0) is 30.3 Å². The summed E-state index contributed by atoms with van der Waals surface area (Å²) < 4.78 is 5.26.